The zero-order valence-electron chi connectivity index (χ0n) is 10.0. The van der Waals surface area contributed by atoms with Gasteiger partial charge < -0.3 is 10.1 Å². The smallest absolute Gasteiger partial charge is 0.0498 e. The van der Waals surface area contributed by atoms with E-state index in [0.29, 0.717) is 0 Å². The summed E-state index contributed by atoms with van der Waals surface area (Å²) in [6.45, 7) is 3.21. The summed E-state index contributed by atoms with van der Waals surface area (Å²) in [5.74, 6) is 2.68. The van der Waals surface area contributed by atoms with E-state index < -0.39 is 0 Å². The van der Waals surface area contributed by atoms with Gasteiger partial charge in [0.15, 0.2) is 0 Å². The Balaban J connectivity index is 1.90. The van der Waals surface area contributed by atoms with Crippen LogP contribution in [0.5, 0.6) is 0 Å². The molecular formula is C13H25NO. The van der Waals surface area contributed by atoms with Gasteiger partial charge in [0.25, 0.3) is 0 Å². The van der Waals surface area contributed by atoms with Gasteiger partial charge >= 0.3 is 0 Å². The molecule has 1 N–H and O–H groups in total. The molecule has 2 heteroatoms. The van der Waals surface area contributed by atoms with Crippen LogP contribution in [-0.4, -0.2) is 26.8 Å². The van der Waals surface area contributed by atoms with Crippen molar-refractivity contribution in [3.05, 3.63) is 0 Å². The summed E-state index contributed by atoms with van der Waals surface area (Å²) in [6.07, 6.45) is 8.59. The number of nitrogens with one attached hydrogen (secondary N) is 1. The van der Waals surface area contributed by atoms with Gasteiger partial charge in [-0.25, -0.2) is 0 Å². The molecule has 88 valence electrons. The van der Waals surface area contributed by atoms with E-state index in [2.05, 4.69) is 12.4 Å². The van der Waals surface area contributed by atoms with E-state index in [4.69, 9.17) is 4.74 Å². The van der Waals surface area contributed by atoms with Crippen molar-refractivity contribution < 1.29 is 4.74 Å². The fourth-order valence-electron chi connectivity index (χ4n) is 3.41. The van der Waals surface area contributed by atoms with Crippen molar-refractivity contribution in [2.24, 2.45) is 17.8 Å². The van der Waals surface area contributed by atoms with Crippen LogP contribution in [0.15, 0.2) is 0 Å². The highest BCUT2D eigenvalue weighted by Gasteiger charge is 2.32. The first kappa shape index (κ1) is 11.4. The van der Waals surface area contributed by atoms with Crippen LogP contribution in [0.4, 0.5) is 0 Å². The lowest BCUT2D eigenvalue weighted by Gasteiger charge is -2.33. The van der Waals surface area contributed by atoms with Crippen LogP contribution in [0.25, 0.3) is 0 Å². The molecule has 15 heavy (non-hydrogen) atoms. The van der Waals surface area contributed by atoms with E-state index in [1.807, 2.05) is 0 Å². The van der Waals surface area contributed by atoms with E-state index >= 15 is 0 Å². The summed E-state index contributed by atoms with van der Waals surface area (Å²) in [5, 5.41) is 3.39. The number of rotatable bonds is 4. The number of ether oxygens (including phenoxy) is 1. The van der Waals surface area contributed by atoms with Crippen LogP contribution in [0.1, 0.15) is 38.5 Å². The standard InChI is InChI=1S/C13H25NO/c1-14-9-13(12-7-8-15-10-12)11-5-3-2-4-6-11/h11-14H,2-10H2,1H3. The second-order valence-corrected chi connectivity index (χ2v) is 5.24. The van der Waals surface area contributed by atoms with Crippen molar-refractivity contribution >= 4 is 0 Å². The predicted octanol–water partition coefficient (Wildman–Crippen LogP) is 2.44. The Morgan fingerprint density at radius 3 is 2.53 bits per heavy atom. The molecule has 2 nitrogen and oxygen atoms in total. The Bertz CT molecular complexity index is 171. The van der Waals surface area contributed by atoms with E-state index in [1.54, 1.807) is 0 Å². The Kier molecular flexibility index (Phi) is 4.45. The lowest BCUT2D eigenvalue weighted by molar-refractivity contribution is 0.136. The molecule has 0 radical (unpaired) electrons. The molecule has 0 bridgehead atoms. The van der Waals surface area contributed by atoms with Crippen molar-refractivity contribution in [3.8, 4) is 0 Å². The molecule has 2 aliphatic rings. The maximum atomic E-state index is 5.55. The van der Waals surface area contributed by atoms with Gasteiger partial charge in [-0.05, 0) is 37.8 Å². The summed E-state index contributed by atoms with van der Waals surface area (Å²) in [7, 11) is 2.09. The van der Waals surface area contributed by atoms with Crippen LogP contribution in [0.3, 0.4) is 0 Å². The first-order chi connectivity index (χ1) is 7.42. The highest BCUT2D eigenvalue weighted by atomic mass is 16.5. The lowest BCUT2D eigenvalue weighted by atomic mass is 9.74. The normalized spacial score (nSPS) is 30.6. The van der Waals surface area contributed by atoms with Crippen molar-refractivity contribution in [3.63, 3.8) is 0 Å². The van der Waals surface area contributed by atoms with Gasteiger partial charge in [0.2, 0.25) is 0 Å². The van der Waals surface area contributed by atoms with Crippen LogP contribution in [0.2, 0.25) is 0 Å². The summed E-state index contributed by atoms with van der Waals surface area (Å²) in [6, 6.07) is 0. The fraction of sp³-hybridized carbons (Fsp3) is 1.00. The van der Waals surface area contributed by atoms with Crippen LogP contribution < -0.4 is 5.32 Å². The first-order valence-electron chi connectivity index (χ1n) is 6.64. The molecule has 2 unspecified atom stereocenters. The van der Waals surface area contributed by atoms with E-state index in [0.717, 1.165) is 31.0 Å². The van der Waals surface area contributed by atoms with E-state index in [1.165, 1.54) is 45.1 Å². The van der Waals surface area contributed by atoms with Gasteiger partial charge in [-0.3, -0.25) is 0 Å². The third kappa shape index (κ3) is 2.94. The SMILES string of the molecule is CNCC(C1CCCCC1)C1CCOC1. The molecule has 2 fully saturated rings. The number of hydrogen-bond acceptors (Lipinski definition) is 2. The molecule has 1 heterocycles. The van der Waals surface area contributed by atoms with Crippen LogP contribution in [-0.2, 0) is 4.74 Å². The van der Waals surface area contributed by atoms with Crippen LogP contribution in [0, 0.1) is 17.8 Å². The third-order valence-electron chi connectivity index (χ3n) is 4.27. The molecule has 0 aromatic carbocycles. The second-order valence-electron chi connectivity index (χ2n) is 5.24. The second kappa shape index (κ2) is 5.86. The molecule has 0 aromatic heterocycles. The largest absolute Gasteiger partial charge is 0.381 e. The first-order valence-corrected chi connectivity index (χ1v) is 6.64. The van der Waals surface area contributed by atoms with Crippen molar-refractivity contribution in [2.75, 3.05) is 26.8 Å². The summed E-state index contributed by atoms with van der Waals surface area (Å²) < 4.78 is 5.55. The Morgan fingerprint density at radius 1 is 1.13 bits per heavy atom. The molecule has 0 spiro atoms. The molecule has 2 rings (SSSR count). The van der Waals surface area contributed by atoms with Gasteiger partial charge in [0.05, 0.1) is 0 Å². The van der Waals surface area contributed by atoms with Gasteiger partial charge in [-0.1, -0.05) is 32.1 Å². The number of hydrogen-bond donors (Lipinski definition) is 1. The molecule has 1 saturated carbocycles. The topological polar surface area (TPSA) is 21.3 Å². The molecule has 0 amide bonds. The minimum absolute atomic E-state index is 0.834. The lowest BCUT2D eigenvalue weighted by Crippen LogP contribution is -2.33. The quantitative estimate of drug-likeness (QED) is 0.771. The highest BCUT2D eigenvalue weighted by molar-refractivity contribution is 4.82. The minimum Gasteiger partial charge on any atom is -0.381 e. The molecular weight excluding hydrogens is 186 g/mol. The zero-order chi connectivity index (χ0) is 10.5. The highest BCUT2D eigenvalue weighted by Crippen LogP contribution is 2.36. The fourth-order valence-corrected chi connectivity index (χ4v) is 3.41. The zero-order valence-corrected chi connectivity index (χ0v) is 10.0. The van der Waals surface area contributed by atoms with Crippen molar-refractivity contribution in [2.45, 2.75) is 38.5 Å². The summed E-state index contributed by atoms with van der Waals surface area (Å²) >= 11 is 0. The Hall–Kier alpha value is -0.0800. The predicted molar refractivity (Wildman–Crippen MR) is 62.9 cm³/mol. The monoisotopic (exact) mass is 211 g/mol. The van der Waals surface area contributed by atoms with E-state index in [9.17, 15) is 0 Å². The molecule has 1 saturated heterocycles. The van der Waals surface area contributed by atoms with Gasteiger partial charge in [-0.2, -0.15) is 0 Å². The molecule has 2 atom stereocenters. The van der Waals surface area contributed by atoms with Crippen molar-refractivity contribution in [1.82, 2.24) is 5.32 Å². The maximum absolute atomic E-state index is 5.55. The van der Waals surface area contributed by atoms with Crippen LogP contribution >= 0.6 is 0 Å². The van der Waals surface area contributed by atoms with Gasteiger partial charge in [0.1, 0.15) is 0 Å². The summed E-state index contributed by atoms with van der Waals surface area (Å²) in [5.41, 5.74) is 0. The van der Waals surface area contributed by atoms with Gasteiger partial charge in [0, 0.05) is 13.2 Å². The van der Waals surface area contributed by atoms with Crippen molar-refractivity contribution in [1.29, 1.82) is 0 Å². The third-order valence-corrected chi connectivity index (χ3v) is 4.27. The Morgan fingerprint density at radius 2 is 1.93 bits per heavy atom. The Labute approximate surface area is 93.8 Å². The molecule has 1 aliphatic carbocycles. The van der Waals surface area contributed by atoms with Gasteiger partial charge in [-0.15, -0.1) is 0 Å². The molecule has 0 aromatic rings. The maximum Gasteiger partial charge on any atom is 0.0498 e. The minimum atomic E-state index is 0.834. The molecule has 1 aliphatic heterocycles. The average molecular weight is 211 g/mol. The summed E-state index contributed by atoms with van der Waals surface area (Å²) in [4.78, 5) is 0. The van der Waals surface area contributed by atoms with E-state index in [-0.39, 0.29) is 0 Å². The average Bonchev–Trinajstić information content (AvgIpc) is 2.80.